The Labute approximate surface area is 201 Å². The van der Waals surface area contributed by atoms with Crippen molar-refractivity contribution in [1.29, 1.82) is 0 Å². The normalized spacial score (nSPS) is 18.4. The number of pyridine rings is 2. The first-order valence-corrected chi connectivity index (χ1v) is 12.0. The van der Waals surface area contributed by atoms with Crippen molar-refractivity contribution >= 4 is 31.9 Å². The van der Waals surface area contributed by atoms with E-state index in [9.17, 15) is 4.39 Å². The van der Waals surface area contributed by atoms with Crippen LogP contribution in [0.4, 0.5) is 4.39 Å². The Kier molecular flexibility index (Phi) is 11.9. The Morgan fingerprint density at radius 1 is 0.903 bits per heavy atom. The van der Waals surface area contributed by atoms with Crippen molar-refractivity contribution < 1.29 is 14.2 Å². The van der Waals surface area contributed by atoms with Crippen LogP contribution in [0.15, 0.2) is 45.6 Å². The molecule has 4 rings (SSSR count). The second kappa shape index (κ2) is 14.1. The Balaban J connectivity index is 0.000000181. The largest absolute Gasteiger partial charge is 0.474 e. The van der Waals surface area contributed by atoms with Gasteiger partial charge in [-0.3, -0.25) is 0 Å². The zero-order valence-electron chi connectivity index (χ0n) is 18.1. The molecule has 0 aliphatic carbocycles. The van der Waals surface area contributed by atoms with E-state index < -0.39 is 5.95 Å². The Bertz CT molecular complexity index is 743. The predicted octanol–water partition coefficient (Wildman–Crippen LogP) is 4.37. The van der Waals surface area contributed by atoms with Crippen molar-refractivity contribution in [3.63, 3.8) is 0 Å². The number of hydrogen-bond donors (Lipinski definition) is 1. The SMILES string of the molecule is CN1CCC(O)CC1.CN1CCC(Oc2cc(Br)ccn2)CC1.Fc1cc(Br)ccn1. The van der Waals surface area contributed by atoms with E-state index in [0.29, 0.717) is 10.6 Å². The third kappa shape index (κ3) is 11.3. The van der Waals surface area contributed by atoms with E-state index in [-0.39, 0.29) is 6.10 Å². The standard InChI is InChI=1S/C11H15BrN2O.C6H13NO.C5H3BrFN/c1-14-6-3-10(4-7-14)15-11-8-9(12)2-5-13-11;1-7-4-2-6(8)3-5-7;6-4-1-2-8-5(7)3-4/h2,5,8,10H,3-4,6-7H2,1H3;6,8H,2-5H2,1H3;1-3H. The van der Waals surface area contributed by atoms with Crippen LogP contribution in [0, 0.1) is 5.95 Å². The topological polar surface area (TPSA) is 61.7 Å². The minimum atomic E-state index is -0.459. The molecule has 172 valence electrons. The van der Waals surface area contributed by atoms with E-state index in [2.05, 4.69) is 65.7 Å². The molecule has 2 aromatic heterocycles. The van der Waals surface area contributed by atoms with E-state index in [4.69, 9.17) is 9.84 Å². The molecule has 0 atom stereocenters. The molecule has 9 heteroatoms. The van der Waals surface area contributed by atoms with Crippen molar-refractivity contribution in [2.24, 2.45) is 0 Å². The van der Waals surface area contributed by atoms with Crippen LogP contribution in [-0.4, -0.2) is 77.4 Å². The lowest BCUT2D eigenvalue weighted by Crippen LogP contribution is -2.35. The fourth-order valence-electron chi connectivity index (χ4n) is 3.10. The van der Waals surface area contributed by atoms with Crippen molar-refractivity contribution in [3.05, 3.63) is 51.6 Å². The van der Waals surface area contributed by atoms with Gasteiger partial charge in [0.15, 0.2) is 0 Å². The highest BCUT2D eigenvalue weighted by atomic mass is 79.9. The van der Waals surface area contributed by atoms with Gasteiger partial charge >= 0.3 is 0 Å². The molecule has 0 spiro atoms. The predicted molar refractivity (Wildman–Crippen MR) is 128 cm³/mol. The molecule has 0 radical (unpaired) electrons. The molecule has 6 nitrogen and oxygen atoms in total. The number of hydrogen-bond acceptors (Lipinski definition) is 6. The number of ether oxygens (including phenoxy) is 1. The summed E-state index contributed by atoms with van der Waals surface area (Å²) >= 11 is 6.49. The van der Waals surface area contributed by atoms with Gasteiger partial charge in [0.1, 0.15) is 6.10 Å². The highest BCUT2D eigenvalue weighted by molar-refractivity contribution is 9.10. The van der Waals surface area contributed by atoms with Gasteiger partial charge in [0, 0.05) is 59.7 Å². The molecule has 0 unspecified atom stereocenters. The number of rotatable bonds is 2. The van der Waals surface area contributed by atoms with Crippen molar-refractivity contribution in [1.82, 2.24) is 19.8 Å². The van der Waals surface area contributed by atoms with Crippen LogP contribution in [-0.2, 0) is 0 Å². The number of aliphatic hydroxyl groups excluding tert-OH is 1. The quantitative estimate of drug-likeness (QED) is 0.549. The highest BCUT2D eigenvalue weighted by Gasteiger charge is 2.18. The first-order chi connectivity index (χ1) is 14.8. The molecule has 0 amide bonds. The van der Waals surface area contributed by atoms with Crippen LogP contribution >= 0.6 is 31.9 Å². The molecular formula is C22H31Br2FN4O2. The summed E-state index contributed by atoms with van der Waals surface area (Å²) in [5.41, 5.74) is 0. The number of aliphatic hydroxyl groups is 1. The molecule has 31 heavy (non-hydrogen) atoms. The van der Waals surface area contributed by atoms with Crippen LogP contribution in [0.25, 0.3) is 0 Å². The number of aromatic nitrogens is 2. The maximum atomic E-state index is 12.0. The lowest BCUT2D eigenvalue weighted by Gasteiger charge is -2.28. The first-order valence-electron chi connectivity index (χ1n) is 10.4. The minimum absolute atomic E-state index is 0.0220. The van der Waals surface area contributed by atoms with Gasteiger partial charge in [0.05, 0.1) is 6.10 Å². The van der Waals surface area contributed by atoms with Crippen LogP contribution in [0.3, 0.4) is 0 Å². The minimum Gasteiger partial charge on any atom is -0.474 e. The monoisotopic (exact) mass is 560 g/mol. The fourth-order valence-corrected chi connectivity index (χ4v) is 3.72. The van der Waals surface area contributed by atoms with Crippen molar-refractivity contribution in [2.75, 3.05) is 40.3 Å². The summed E-state index contributed by atoms with van der Waals surface area (Å²) in [6.45, 7) is 4.33. The summed E-state index contributed by atoms with van der Waals surface area (Å²) in [7, 11) is 4.24. The number of nitrogens with zero attached hydrogens (tertiary/aromatic N) is 4. The molecular weight excluding hydrogens is 531 g/mol. The molecule has 2 fully saturated rings. The molecule has 2 aliphatic rings. The lowest BCUT2D eigenvalue weighted by molar-refractivity contribution is 0.0942. The molecule has 0 saturated carbocycles. The van der Waals surface area contributed by atoms with Gasteiger partial charge in [-0.2, -0.15) is 4.39 Å². The molecule has 2 aliphatic heterocycles. The van der Waals surface area contributed by atoms with Crippen LogP contribution in [0.5, 0.6) is 5.88 Å². The maximum absolute atomic E-state index is 12.0. The van der Waals surface area contributed by atoms with E-state index in [0.717, 1.165) is 62.2 Å². The Hall–Kier alpha value is -1.13. The van der Waals surface area contributed by atoms with Gasteiger partial charge in [0.2, 0.25) is 11.8 Å². The van der Waals surface area contributed by atoms with E-state index in [1.165, 1.54) is 12.3 Å². The van der Waals surface area contributed by atoms with Crippen LogP contribution in [0.1, 0.15) is 25.7 Å². The third-order valence-corrected chi connectivity index (χ3v) is 6.01. The second-order valence-electron chi connectivity index (χ2n) is 7.76. The van der Waals surface area contributed by atoms with Gasteiger partial charge in [-0.15, -0.1) is 0 Å². The molecule has 1 N–H and O–H groups in total. The molecule has 0 bridgehead atoms. The Morgan fingerprint density at radius 2 is 1.42 bits per heavy atom. The van der Waals surface area contributed by atoms with Gasteiger partial charge < -0.3 is 19.6 Å². The van der Waals surface area contributed by atoms with Gasteiger partial charge in [-0.25, -0.2) is 9.97 Å². The van der Waals surface area contributed by atoms with E-state index in [1.54, 1.807) is 12.3 Å². The summed E-state index contributed by atoms with van der Waals surface area (Å²) in [6.07, 6.45) is 7.55. The summed E-state index contributed by atoms with van der Waals surface area (Å²) in [4.78, 5) is 12.1. The summed E-state index contributed by atoms with van der Waals surface area (Å²) in [5.74, 6) is 0.262. The number of piperidine rings is 2. The van der Waals surface area contributed by atoms with Crippen LogP contribution in [0.2, 0.25) is 0 Å². The second-order valence-corrected chi connectivity index (χ2v) is 9.60. The Morgan fingerprint density at radius 3 is 1.87 bits per heavy atom. The highest BCUT2D eigenvalue weighted by Crippen LogP contribution is 2.19. The fraction of sp³-hybridized carbons (Fsp3) is 0.545. The van der Waals surface area contributed by atoms with Gasteiger partial charge in [-0.1, -0.05) is 31.9 Å². The average Bonchev–Trinajstić information content (AvgIpc) is 2.73. The summed E-state index contributed by atoms with van der Waals surface area (Å²) in [6, 6.07) is 6.79. The van der Waals surface area contributed by atoms with Crippen molar-refractivity contribution in [3.8, 4) is 5.88 Å². The third-order valence-electron chi connectivity index (χ3n) is 5.03. The first kappa shape index (κ1) is 26.1. The van der Waals surface area contributed by atoms with Crippen LogP contribution < -0.4 is 4.74 Å². The summed E-state index contributed by atoms with van der Waals surface area (Å²) in [5, 5.41) is 9.00. The smallest absolute Gasteiger partial charge is 0.214 e. The van der Waals surface area contributed by atoms with Crippen molar-refractivity contribution in [2.45, 2.75) is 37.9 Å². The lowest BCUT2D eigenvalue weighted by atomic mass is 10.1. The summed E-state index contributed by atoms with van der Waals surface area (Å²) < 4.78 is 19.6. The van der Waals surface area contributed by atoms with E-state index in [1.807, 2.05) is 12.1 Å². The van der Waals surface area contributed by atoms with E-state index >= 15 is 0 Å². The molecule has 4 heterocycles. The number of halogens is 3. The zero-order valence-corrected chi connectivity index (χ0v) is 21.2. The maximum Gasteiger partial charge on any atom is 0.214 e. The molecule has 0 aromatic carbocycles. The number of likely N-dealkylation sites (tertiary alicyclic amines) is 2. The zero-order chi connectivity index (χ0) is 22.6. The molecule has 2 aromatic rings. The van der Waals surface area contributed by atoms with Gasteiger partial charge in [0.25, 0.3) is 0 Å². The van der Waals surface area contributed by atoms with Gasteiger partial charge in [-0.05, 0) is 51.9 Å². The average molecular weight is 562 g/mol. The molecule has 2 saturated heterocycles.